The normalized spacial score (nSPS) is 15.1. The van der Waals surface area contributed by atoms with E-state index in [1.165, 1.54) is 11.3 Å². The lowest BCUT2D eigenvalue weighted by atomic mass is 10.1. The van der Waals surface area contributed by atoms with Crippen molar-refractivity contribution < 1.29 is 14.3 Å². The number of thiophene rings is 1. The number of carbonyl (C=O) groups excluding carboxylic acids is 2. The zero-order valence-electron chi connectivity index (χ0n) is 16.3. The molecule has 0 bridgehead atoms. The number of nitrogens with zero attached hydrogens (tertiary/aromatic N) is 2. The number of aromatic nitrogens is 1. The van der Waals surface area contributed by atoms with Gasteiger partial charge in [-0.25, -0.2) is 9.78 Å². The Hall–Kier alpha value is -2.38. The lowest BCUT2D eigenvalue weighted by molar-refractivity contribution is 0.0863. The fourth-order valence-electron chi connectivity index (χ4n) is 3.63. The first-order chi connectivity index (χ1) is 14.0. The molecule has 1 saturated heterocycles. The van der Waals surface area contributed by atoms with Gasteiger partial charge in [0.15, 0.2) is 0 Å². The van der Waals surface area contributed by atoms with E-state index in [4.69, 9.17) is 16.3 Å². The van der Waals surface area contributed by atoms with Gasteiger partial charge in [0.25, 0.3) is 5.91 Å². The number of halogens is 1. The molecule has 0 saturated carbocycles. The van der Waals surface area contributed by atoms with Crippen LogP contribution in [0.5, 0.6) is 0 Å². The molecule has 0 spiro atoms. The Morgan fingerprint density at radius 3 is 2.76 bits per heavy atom. The number of piperidine rings is 1. The smallest absolute Gasteiger partial charge is 0.409 e. The number of rotatable bonds is 3. The molecule has 8 heteroatoms. The molecule has 6 nitrogen and oxygen atoms in total. The molecule has 1 aliphatic heterocycles. The average Bonchev–Trinajstić information content (AvgIpc) is 3.16. The van der Waals surface area contributed by atoms with Crippen LogP contribution in [0, 0.1) is 6.92 Å². The molecular weight excluding hydrogens is 410 g/mol. The second-order valence-electron chi connectivity index (χ2n) is 7.21. The zero-order valence-corrected chi connectivity index (χ0v) is 17.9. The number of fused-ring (bicyclic) bond motifs is 3. The summed E-state index contributed by atoms with van der Waals surface area (Å²) in [6, 6.07) is 7.88. The summed E-state index contributed by atoms with van der Waals surface area (Å²) >= 11 is 7.81. The number of likely N-dealkylation sites (tertiary alicyclic amines) is 1. The monoisotopic (exact) mass is 431 g/mol. The molecule has 1 aromatic carbocycles. The minimum atomic E-state index is -0.286. The molecule has 1 fully saturated rings. The largest absolute Gasteiger partial charge is 0.450 e. The Bertz CT molecular complexity index is 1090. The molecule has 0 atom stereocenters. The van der Waals surface area contributed by atoms with Gasteiger partial charge in [0.2, 0.25) is 0 Å². The van der Waals surface area contributed by atoms with Gasteiger partial charge in [0, 0.05) is 34.6 Å². The third-order valence-electron chi connectivity index (χ3n) is 5.15. The summed E-state index contributed by atoms with van der Waals surface area (Å²) in [4.78, 5) is 31.4. The molecule has 1 N–H and O–H groups in total. The van der Waals surface area contributed by atoms with Crippen LogP contribution in [0.25, 0.3) is 21.0 Å². The highest BCUT2D eigenvalue weighted by Gasteiger charge is 2.25. The van der Waals surface area contributed by atoms with Gasteiger partial charge < -0.3 is 15.0 Å². The Morgan fingerprint density at radius 1 is 1.28 bits per heavy atom. The Balaban J connectivity index is 1.51. The van der Waals surface area contributed by atoms with Gasteiger partial charge in [-0.2, -0.15) is 0 Å². The molecule has 0 radical (unpaired) electrons. The maximum Gasteiger partial charge on any atom is 0.409 e. The molecule has 152 valence electrons. The summed E-state index contributed by atoms with van der Waals surface area (Å²) in [6.07, 6.45) is 1.13. The number of nitrogens with one attached hydrogen (secondary N) is 1. The number of carbonyl (C=O) groups is 2. The van der Waals surface area contributed by atoms with Crippen molar-refractivity contribution in [3.63, 3.8) is 0 Å². The van der Waals surface area contributed by atoms with Crippen LogP contribution in [0.4, 0.5) is 4.79 Å². The van der Waals surface area contributed by atoms with Gasteiger partial charge in [-0.1, -0.05) is 23.2 Å². The van der Waals surface area contributed by atoms with Crippen LogP contribution in [-0.4, -0.2) is 47.6 Å². The van der Waals surface area contributed by atoms with E-state index in [1.807, 2.05) is 25.1 Å². The van der Waals surface area contributed by atoms with E-state index in [0.29, 0.717) is 42.6 Å². The number of pyridine rings is 1. The molecule has 0 aliphatic carbocycles. The van der Waals surface area contributed by atoms with Crippen LogP contribution in [0.15, 0.2) is 24.3 Å². The minimum absolute atomic E-state index is 0.0333. The van der Waals surface area contributed by atoms with Gasteiger partial charge >= 0.3 is 6.09 Å². The Morgan fingerprint density at radius 2 is 2.03 bits per heavy atom. The van der Waals surface area contributed by atoms with E-state index in [2.05, 4.69) is 16.4 Å². The van der Waals surface area contributed by atoms with Crippen LogP contribution in [-0.2, 0) is 4.74 Å². The highest BCUT2D eigenvalue weighted by Crippen LogP contribution is 2.36. The third kappa shape index (κ3) is 4.02. The molecule has 0 unspecified atom stereocenters. The van der Waals surface area contributed by atoms with Gasteiger partial charge in [-0.3, -0.25) is 4.79 Å². The fraction of sp³-hybridized carbons (Fsp3) is 0.381. The van der Waals surface area contributed by atoms with Crippen molar-refractivity contribution in [1.82, 2.24) is 15.2 Å². The highest BCUT2D eigenvalue weighted by atomic mass is 35.5. The fourth-order valence-corrected chi connectivity index (χ4v) is 5.01. The van der Waals surface area contributed by atoms with E-state index in [9.17, 15) is 9.59 Å². The Labute approximate surface area is 177 Å². The van der Waals surface area contributed by atoms with Crippen LogP contribution in [0.3, 0.4) is 0 Å². The number of benzene rings is 1. The van der Waals surface area contributed by atoms with Crippen molar-refractivity contribution in [2.45, 2.75) is 32.7 Å². The van der Waals surface area contributed by atoms with Gasteiger partial charge in [-0.05, 0) is 44.9 Å². The van der Waals surface area contributed by atoms with E-state index in [1.54, 1.807) is 11.8 Å². The lowest BCUT2D eigenvalue weighted by Crippen LogP contribution is -2.46. The molecule has 4 rings (SSSR count). The SMILES string of the molecule is CCOC(=O)N1CCC(NC(=O)c2cc3c(Cl)nc4ccc(C)cc4c3s2)CC1. The van der Waals surface area contributed by atoms with E-state index in [-0.39, 0.29) is 18.0 Å². The maximum atomic E-state index is 12.8. The minimum Gasteiger partial charge on any atom is -0.450 e. The lowest BCUT2D eigenvalue weighted by Gasteiger charge is -2.31. The summed E-state index contributed by atoms with van der Waals surface area (Å²) in [5.41, 5.74) is 1.96. The van der Waals surface area contributed by atoms with Crippen molar-refractivity contribution in [2.75, 3.05) is 19.7 Å². The molecular formula is C21H22ClN3O3S. The van der Waals surface area contributed by atoms with Crippen LogP contribution in [0.1, 0.15) is 35.0 Å². The second-order valence-corrected chi connectivity index (χ2v) is 8.62. The second kappa shape index (κ2) is 8.16. The van der Waals surface area contributed by atoms with Gasteiger partial charge in [-0.15, -0.1) is 11.3 Å². The molecule has 1 aliphatic rings. The molecule has 3 aromatic rings. The average molecular weight is 432 g/mol. The number of hydrogen-bond acceptors (Lipinski definition) is 5. The topological polar surface area (TPSA) is 71.5 Å². The van der Waals surface area contributed by atoms with Crippen molar-refractivity contribution in [3.8, 4) is 0 Å². The van der Waals surface area contributed by atoms with Crippen LogP contribution in [0.2, 0.25) is 5.15 Å². The molecule has 2 aromatic heterocycles. The predicted octanol–water partition coefficient (Wildman–Crippen LogP) is 4.76. The predicted molar refractivity (Wildman–Crippen MR) is 116 cm³/mol. The molecule has 3 heterocycles. The van der Waals surface area contributed by atoms with Crippen molar-refractivity contribution in [3.05, 3.63) is 39.9 Å². The number of aryl methyl sites for hydroxylation is 1. The van der Waals surface area contributed by atoms with Crippen molar-refractivity contribution in [1.29, 1.82) is 0 Å². The summed E-state index contributed by atoms with van der Waals surface area (Å²) < 4.78 is 6.02. The first-order valence-corrected chi connectivity index (χ1v) is 10.9. The maximum absolute atomic E-state index is 12.8. The summed E-state index contributed by atoms with van der Waals surface area (Å²) in [6.45, 7) is 5.35. The van der Waals surface area contributed by atoms with Crippen LogP contribution < -0.4 is 5.32 Å². The zero-order chi connectivity index (χ0) is 20.5. The number of amides is 2. The third-order valence-corrected chi connectivity index (χ3v) is 6.60. The Kier molecular flexibility index (Phi) is 5.61. The van der Waals surface area contributed by atoms with Gasteiger partial charge in [0.1, 0.15) is 5.15 Å². The standard InChI is InChI=1S/C21H22ClN3O3S/c1-3-28-21(27)25-8-6-13(7-9-25)23-20(26)17-11-15-18(29-17)14-10-12(2)4-5-16(14)24-19(15)22/h4-5,10-11,13H,3,6-9H2,1-2H3,(H,23,26). The van der Waals surface area contributed by atoms with E-state index in [0.717, 1.165) is 26.6 Å². The quantitative estimate of drug-likeness (QED) is 0.607. The molecule has 2 amide bonds. The van der Waals surface area contributed by atoms with E-state index < -0.39 is 0 Å². The van der Waals surface area contributed by atoms with Gasteiger partial charge in [0.05, 0.1) is 17.0 Å². The van der Waals surface area contributed by atoms with Crippen molar-refractivity contribution >= 4 is 55.9 Å². The number of hydrogen-bond donors (Lipinski definition) is 1. The van der Waals surface area contributed by atoms with E-state index >= 15 is 0 Å². The first kappa shape index (κ1) is 19.9. The summed E-state index contributed by atoms with van der Waals surface area (Å²) in [5.74, 6) is -0.113. The van der Waals surface area contributed by atoms with Crippen LogP contribution >= 0.6 is 22.9 Å². The number of ether oxygens (including phenoxy) is 1. The highest BCUT2D eigenvalue weighted by molar-refractivity contribution is 7.21. The first-order valence-electron chi connectivity index (χ1n) is 9.68. The summed E-state index contributed by atoms with van der Waals surface area (Å²) in [7, 11) is 0. The van der Waals surface area contributed by atoms with Crippen molar-refractivity contribution in [2.24, 2.45) is 0 Å². The summed E-state index contributed by atoms with van der Waals surface area (Å²) in [5, 5.41) is 5.32. The molecule has 29 heavy (non-hydrogen) atoms.